The Morgan fingerprint density at radius 2 is 2.33 bits per heavy atom. The summed E-state index contributed by atoms with van der Waals surface area (Å²) in [6, 6.07) is 0. The molecule has 0 aromatic carbocycles. The van der Waals surface area contributed by atoms with Crippen LogP contribution in [0.4, 0.5) is 0 Å². The van der Waals surface area contributed by atoms with E-state index in [9.17, 15) is 0 Å². The van der Waals surface area contributed by atoms with Crippen LogP contribution in [0.2, 0.25) is 0 Å². The minimum absolute atomic E-state index is 0.816. The van der Waals surface area contributed by atoms with Crippen molar-refractivity contribution in [2.45, 2.75) is 12.8 Å². The van der Waals surface area contributed by atoms with Crippen molar-refractivity contribution in [2.75, 3.05) is 6.61 Å². The topological polar surface area (TPSA) is 22.1 Å². The summed E-state index contributed by atoms with van der Waals surface area (Å²) in [5.74, 6) is 1.08. The molecule has 1 fully saturated rings. The zero-order valence-corrected chi connectivity index (χ0v) is 9.09. The van der Waals surface area contributed by atoms with Gasteiger partial charge in [-0.25, -0.2) is 4.98 Å². The largest absolute Gasteiger partial charge is 0.497 e. The SMILES string of the molecule is C1=C2CCOC(=CC=C1c1nccs1)C2. The molecule has 1 saturated heterocycles. The van der Waals surface area contributed by atoms with Crippen LogP contribution >= 0.6 is 11.3 Å². The van der Waals surface area contributed by atoms with Gasteiger partial charge in [-0.1, -0.05) is 11.6 Å². The molecule has 0 amide bonds. The normalized spacial score (nSPS) is 19.6. The highest BCUT2D eigenvalue weighted by atomic mass is 32.1. The van der Waals surface area contributed by atoms with Gasteiger partial charge in [0.25, 0.3) is 0 Å². The molecule has 2 aliphatic rings. The van der Waals surface area contributed by atoms with Gasteiger partial charge in [-0.15, -0.1) is 11.3 Å². The molecule has 1 aliphatic carbocycles. The highest BCUT2D eigenvalue weighted by molar-refractivity contribution is 7.10. The molecule has 3 rings (SSSR count). The van der Waals surface area contributed by atoms with Crippen LogP contribution < -0.4 is 0 Å². The van der Waals surface area contributed by atoms with Crippen LogP contribution in [0.25, 0.3) is 5.57 Å². The minimum Gasteiger partial charge on any atom is -0.497 e. The molecule has 76 valence electrons. The van der Waals surface area contributed by atoms with E-state index in [0.29, 0.717) is 0 Å². The Bertz CT molecular complexity index is 454. The molecule has 0 atom stereocenters. The molecular formula is C12H11NOS. The lowest BCUT2D eigenvalue weighted by Crippen LogP contribution is -2.04. The highest BCUT2D eigenvalue weighted by Crippen LogP contribution is 2.30. The van der Waals surface area contributed by atoms with Crippen molar-refractivity contribution in [3.63, 3.8) is 0 Å². The first-order valence-electron chi connectivity index (χ1n) is 5.05. The van der Waals surface area contributed by atoms with Gasteiger partial charge in [-0.05, 0) is 12.2 Å². The van der Waals surface area contributed by atoms with E-state index in [-0.39, 0.29) is 0 Å². The summed E-state index contributed by atoms with van der Waals surface area (Å²) < 4.78 is 5.55. The Hall–Kier alpha value is -1.35. The summed E-state index contributed by atoms with van der Waals surface area (Å²) in [5.41, 5.74) is 2.66. The average molecular weight is 217 g/mol. The molecule has 2 bridgehead atoms. The Kier molecular flexibility index (Phi) is 2.18. The lowest BCUT2D eigenvalue weighted by atomic mass is 10.0. The van der Waals surface area contributed by atoms with Gasteiger partial charge in [-0.2, -0.15) is 0 Å². The number of aromatic nitrogens is 1. The van der Waals surface area contributed by atoms with Gasteiger partial charge in [0.15, 0.2) is 0 Å². The third-order valence-corrected chi connectivity index (χ3v) is 3.42. The van der Waals surface area contributed by atoms with E-state index in [1.807, 2.05) is 11.6 Å². The molecule has 2 nitrogen and oxygen atoms in total. The number of ether oxygens (including phenoxy) is 1. The van der Waals surface area contributed by atoms with Gasteiger partial charge < -0.3 is 4.74 Å². The Balaban J connectivity index is 2.03. The second kappa shape index (κ2) is 3.66. The van der Waals surface area contributed by atoms with Crippen molar-refractivity contribution in [3.05, 3.63) is 46.1 Å². The molecule has 1 aromatic rings. The first kappa shape index (κ1) is 8.92. The molecule has 2 heterocycles. The molecule has 0 unspecified atom stereocenters. The second-order valence-electron chi connectivity index (χ2n) is 3.67. The maximum absolute atomic E-state index is 5.55. The number of hydrogen-bond acceptors (Lipinski definition) is 3. The van der Waals surface area contributed by atoms with Gasteiger partial charge in [0.05, 0.1) is 6.61 Å². The minimum atomic E-state index is 0.816. The van der Waals surface area contributed by atoms with Crippen LogP contribution in [-0.4, -0.2) is 11.6 Å². The quantitative estimate of drug-likeness (QED) is 0.721. The van der Waals surface area contributed by atoms with Gasteiger partial charge in [-0.3, -0.25) is 0 Å². The number of allylic oxidation sites excluding steroid dienone is 5. The van der Waals surface area contributed by atoms with Crippen molar-refractivity contribution in [3.8, 4) is 0 Å². The van der Waals surface area contributed by atoms with Crippen molar-refractivity contribution < 1.29 is 4.74 Å². The van der Waals surface area contributed by atoms with E-state index in [1.165, 1.54) is 11.1 Å². The Morgan fingerprint density at radius 1 is 1.33 bits per heavy atom. The van der Waals surface area contributed by atoms with E-state index < -0.39 is 0 Å². The van der Waals surface area contributed by atoms with Gasteiger partial charge in [0, 0.05) is 30.0 Å². The van der Waals surface area contributed by atoms with E-state index >= 15 is 0 Å². The molecule has 1 aromatic heterocycles. The number of nitrogens with zero attached hydrogens (tertiary/aromatic N) is 1. The molecule has 1 aliphatic heterocycles. The molecule has 0 N–H and O–H groups in total. The van der Waals surface area contributed by atoms with Crippen LogP contribution in [0.3, 0.4) is 0 Å². The van der Waals surface area contributed by atoms with Crippen molar-refractivity contribution in [1.29, 1.82) is 0 Å². The zero-order valence-electron chi connectivity index (χ0n) is 8.27. The van der Waals surface area contributed by atoms with Crippen molar-refractivity contribution >= 4 is 16.9 Å². The van der Waals surface area contributed by atoms with Crippen molar-refractivity contribution in [1.82, 2.24) is 4.98 Å². The molecule has 0 saturated carbocycles. The monoisotopic (exact) mass is 217 g/mol. The Morgan fingerprint density at radius 3 is 3.20 bits per heavy atom. The smallest absolute Gasteiger partial charge is 0.123 e. The van der Waals surface area contributed by atoms with Crippen LogP contribution in [0.15, 0.2) is 41.1 Å². The molecule has 0 spiro atoms. The fourth-order valence-corrected chi connectivity index (χ4v) is 2.49. The zero-order chi connectivity index (χ0) is 10.1. The molecular weight excluding hydrogens is 206 g/mol. The van der Waals surface area contributed by atoms with Gasteiger partial charge in [0.1, 0.15) is 10.8 Å². The van der Waals surface area contributed by atoms with Crippen molar-refractivity contribution in [2.24, 2.45) is 0 Å². The molecule has 15 heavy (non-hydrogen) atoms. The summed E-state index contributed by atoms with van der Waals surface area (Å²) in [5, 5.41) is 3.10. The van der Waals surface area contributed by atoms with E-state index in [1.54, 1.807) is 11.3 Å². The summed E-state index contributed by atoms with van der Waals surface area (Å²) >= 11 is 1.68. The van der Waals surface area contributed by atoms with Gasteiger partial charge >= 0.3 is 0 Å². The maximum Gasteiger partial charge on any atom is 0.123 e. The van der Waals surface area contributed by atoms with E-state index in [2.05, 4.69) is 23.2 Å². The number of fused-ring (bicyclic) bond motifs is 2. The van der Waals surface area contributed by atoms with Crippen LogP contribution in [0.1, 0.15) is 17.8 Å². The fourth-order valence-electron chi connectivity index (χ4n) is 1.86. The van der Waals surface area contributed by atoms with Gasteiger partial charge in [0.2, 0.25) is 0 Å². The first-order valence-corrected chi connectivity index (χ1v) is 5.93. The maximum atomic E-state index is 5.55. The summed E-state index contributed by atoms with van der Waals surface area (Å²) in [6.07, 6.45) is 10.3. The lowest BCUT2D eigenvalue weighted by molar-refractivity contribution is 0.189. The highest BCUT2D eigenvalue weighted by Gasteiger charge is 2.14. The Labute approximate surface area is 92.6 Å². The van der Waals surface area contributed by atoms with Crippen LogP contribution in [-0.2, 0) is 4.74 Å². The summed E-state index contributed by atoms with van der Waals surface area (Å²) in [4.78, 5) is 4.33. The fraction of sp³-hybridized carbons (Fsp3) is 0.250. The lowest BCUT2D eigenvalue weighted by Gasteiger charge is -2.17. The van der Waals surface area contributed by atoms with Crippen LogP contribution in [0, 0.1) is 0 Å². The number of rotatable bonds is 1. The summed E-state index contributed by atoms with van der Waals surface area (Å²) in [7, 11) is 0. The second-order valence-corrected chi connectivity index (χ2v) is 4.56. The molecule has 0 radical (unpaired) electrons. The third kappa shape index (κ3) is 1.75. The van der Waals surface area contributed by atoms with Crippen LogP contribution in [0.5, 0.6) is 0 Å². The predicted molar refractivity (Wildman–Crippen MR) is 61.4 cm³/mol. The number of hydrogen-bond donors (Lipinski definition) is 0. The summed E-state index contributed by atoms with van der Waals surface area (Å²) in [6.45, 7) is 0.816. The van der Waals surface area contributed by atoms with E-state index in [4.69, 9.17) is 4.74 Å². The predicted octanol–water partition coefficient (Wildman–Crippen LogP) is 3.16. The first-order chi connectivity index (χ1) is 7.42. The van der Waals surface area contributed by atoms with E-state index in [0.717, 1.165) is 30.2 Å². The number of thiazole rings is 1. The third-order valence-electron chi connectivity index (χ3n) is 2.60. The molecule has 3 heteroatoms. The average Bonchev–Trinajstić information content (AvgIpc) is 2.74. The standard InChI is InChI=1S/C12H11NOS/c1-2-11-8-9(3-5-14-11)7-10(1)12-13-4-6-15-12/h1-2,4,6-7H,3,5,8H2.